The Morgan fingerprint density at radius 1 is 1.12 bits per heavy atom. The van der Waals surface area contributed by atoms with Crippen molar-refractivity contribution < 1.29 is 9.53 Å². The number of nitrogens with zero attached hydrogens (tertiary/aromatic N) is 5. The van der Waals surface area contributed by atoms with Crippen LogP contribution >= 0.6 is 0 Å². The Morgan fingerprint density at radius 2 is 1.85 bits per heavy atom. The zero-order chi connectivity index (χ0) is 18.7. The van der Waals surface area contributed by atoms with E-state index in [0.29, 0.717) is 37.5 Å². The Labute approximate surface area is 154 Å². The van der Waals surface area contributed by atoms with Crippen molar-refractivity contribution in [3.05, 3.63) is 41.6 Å². The molecule has 0 radical (unpaired) electrons. The number of amides is 1. The molecule has 0 aliphatic carbocycles. The van der Waals surface area contributed by atoms with Gasteiger partial charge in [0, 0.05) is 57.6 Å². The van der Waals surface area contributed by atoms with Gasteiger partial charge in [0.05, 0.1) is 7.11 Å². The third kappa shape index (κ3) is 3.87. The first-order chi connectivity index (χ1) is 12.5. The second-order valence-corrected chi connectivity index (χ2v) is 6.57. The lowest BCUT2D eigenvalue weighted by Crippen LogP contribution is -2.49. The molecule has 3 rings (SSSR count). The molecule has 1 amide bonds. The number of hydrogen-bond acceptors (Lipinski definition) is 6. The summed E-state index contributed by atoms with van der Waals surface area (Å²) in [7, 11) is 5.54. The van der Waals surface area contributed by atoms with Gasteiger partial charge in [-0.1, -0.05) is 6.07 Å². The number of carbonyl (C=O) groups is 1. The quantitative estimate of drug-likeness (QED) is 0.834. The lowest BCUT2D eigenvalue weighted by Gasteiger charge is -2.35. The Kier molecular flexibility index (Phi) is 5.25. The minimum atomic E-state index is 0.0303. The molecule has 1 aliphatic heterocycles. The molecule has 138 valence electrons. The molecule has 0 unspecified atom stereocenters. The van der Waals surface area contributed by atoms with E-state index in [1.165, 1.54) is 0 Å². The summed E-state index contributed by atoms with van der Waals surface area (Å²) in [5.41, 5.74) is 1.59. The van der Waals surface area contributed by atoms with Crippen LogP contribution in [0.25, 0.3) is 0 Å². The van der Waals surface area contributed by atoms with Gasteiger partial charge in [-0.15, -0.1) is 0 Å². The van der Waals surface area contributed by atoms with Gasteiger partial charge in [0.15, 0.2) is 0 Å². The molecule has 2 aromatic rings. The molecule has 2 heterocycles. The largest absolute Gasteiger partial charge is 0.497 e. The molecule has 0 N–H and O–H groups in total. The predicted octanol–water partition coefficient (Wildman–Crippen LogP) is 1.82. The average Bonchev–Trinajstić information content (AvgIpc) is 2.67. The molecule has 1 aliphatic rings. The van der Waals surface area contributed by atoms with E-state index in [4.69, 9.17) is 4.74 Å². The van der Waals surface area contributed by atoms with Crippen LogP contribution in [0.15, 0.2) is 30.3 Å². The summed E-state index contributed by atoms with van der Waals surface area (Å²) in [6.45, 7) is 4.69. The van der Waals surface area contributed by atoms with E-state index in [1.807, 2.05) is 55.1 Å². The van der Waals surface area contributed by atoms with Crippen LogP contribution in [0.4, 0.5) is 11.8 Å². The van der Waals surface area contributed by atoms with Crippen molar-refractivity contribution in [1.82, 2.24) is 14.9 Å². The van der Waals surface area contributed by atoms with Crippen molar-refractivity contribution in [2.24, 2.45) is 0 Å². The van der Waals surface area contributed by atoms with Crippen molar-refractivity contribution in [2.45, 2.75) is 6.92 Å². The number of hydrogen-bond donors (Lipinski definition) is 0. The molecule has 26 heavy (non-hydrogen) atoms. The summed E-state index contributed by atoms with van der Waals surface area (Å²) >= 11 is 0. The lowest BCUT2D eigenvalue weighted by atomic mass is 10.1. The Balaban J connectivity index is 1.68. The van der Waals surface area contributed by atoms with E-state index in [-0.39, 0.29) is 5.91 Å². The first kappa shape index (κ1) is 18.0. The second-order valence-electron chi connectivity index (χ2n) is 6.57. The fourth-order valence-electron chi connectivity index (χ4n) is 2.96. The van der Waals surface area contributed by atoms with Gasteiger partial charge in [0.25, 0.3) is 5.91 Å². The second kappa shape index (κ2) is 7.59. The SMILES string of the molecule is COc1cccc(C(=O)N2CCN(c3nc(C)cc(N(C)C)n3)CC2)c1. The van der Waals surface area contributed by atoms with Gasteiger partial charge in [-0.25, -0.2) is 4.98 Å². The van der Waals surface area contributed by atoms with Crippen LogP contribution in [-0.4, -0.2) is 68.2 Å². The zero-order valence-electron chi connectivity index (χ0n) is 15.8. The first-order valence-electron chi connectivity index (χ1n) is 8.69. The van der Waals surface area contributed by atoms with Gasteiger partial charge in [-0.3, -0.25) is 4.79 Å². The number of anilines is 2. The van der Waals surface area contributed by atoms with Crippen LogP contribution in [0.1, 0.15) is 16.1 Å². The van der Waals surface area contributed by atoms with Crippen LogP contribution in [0.5, 0.6) is 5.75 Å². The van der Waals surface area contributed by atoms with Gasteiger partial charge < -0.3 is 19.4 Å². The number of piperazine rings is 1. The van der Waals surface area contributed by atoms with Gasteiger partial charge in [0.1, 0.15) is 11.6 Å². The number of ether oxygens (including phenoxy) is 1. The maximum absolute atomic E-state index is 12.7. The fourth-order valence-corrected chi connectivity index (χ4v) is 2.96. The third-order valence-electron chi connectivity index (χ3n) is 4.45. The van der Waals surface area contributed by atoms with Crippen LogP contribution in [0.2, 0.25) is 0 Å². The maximum Gasteiger partial charge on any atom is 0.254 e. The topological polar surface area (TPSA) is 61.8 Å². The van der Waals surface area contributed by atoms with Gasteiger partial charge in [-0.2, -0.15) is 4.98 Å². The monoisotopic (exact) mass is 355 g/mol. The Hall–Kier alpha value is -2.83. The van der Waals surface area contributed by atoms with E-state index in [1.54, 1.807) is 13.2 Å². The minimum Gasteiger partial charge on any atom is -0.497 e. The van der Waals surface area contributed by atoms with Crippen molar-refractivity contribution >= 4 is 17.7 Å². The van der Waals surface area contributed by atoms with E-state index >= 15 is 0 Å². The van der Waals surface area contributed by atoms with E-state index < -0.39 is 0 Å². The van der Waals surface area contributed by atoms with E-state index in [9.17, 15) is 4.79 Å². The summed E-state index contributed by atoms with van der Waals surface area (Å²) in [6.07, 6.45) is 0. The molecule has 1 saturated heterocycles. The van der Waals surface area contributed by atoms with Gasteiger partial charge in [-0.05, 0) is 25.1 Å². The molecule has 0 atom stereocenters. The van der Waals surface area contributed by atoms with Crippen molar-refractivity contribution in [3.8, 4) is 5.75 Å². The molecule has 0 spiro atoms. The Bertz CT molecular complexity index is 785. The minimum absolute atomic E-state index is 0.0303. The van der Waals surface area contributed by atoms with Crippen LogP contribution < -0.4 is 14.5 Å². The summed E-state index contributed by atoms with van der Waals surface area (Å²) in [5, 5.41) is 0. The Morgan fingerprint density at radius 3 is 2.50 bits per heavy atom. The van der Waals surface area contributed by atoms with Crippen molar-refractivity contribution in [3.63, 3.8) is 0 Å². The number of aromatic nitrogens is 2. The standard InChI is InChI=1S/C19H25N5O2/c1-14-12-17(22(2)3)21-19(20-14)24-10-8-23(9-11-24)18(25)15-6-5-7-16(13-15)26-4/h5-7,12-13H,8-11H2,1-4H3. The van der Waals surface area contributed by atoms with Crippen molar-refractivity contribution in [1.29, 1.82) is 0 Å². The smallest absolute Gasteiger partial charge is 0.254 e. The number of benzene rings is 1. The van der Waals surface area contributed by atoms with Crippen LogP contribution in [0, 0.1) is 6.92 Å². The van der Waals surface area contributed by atoms with Crippen molar-refractivity contribution in [2.75, 3.05) is 57.2 Å². The van der Waals surface area contributed by atoms with E-state index in [0.717, 1.165) is 17.5 Å². The number of carbonyl (C=O) groups excluding carboxylic acids is 1. The molecule has 0 saturated carbocycles. The summed E-state index contributed by atoms with van der Waals surface area (Å²) in [4.78, 5) is 27.9. The number of rotatable bonds is 4. The summed E-state index contributed by atoms with van der Waals surface area (Å²) in [5.74, 6) is 2.34. The van der Waals surface area contributed by atoms with E-state index in [2.05, 4.69) is 14.9 Å². The first-order valence-corrected chi connectivity index (χ1v) is 8.69. The normalized spacial score (nSPS) is 14.3. The average molecular weight is 355 g/mol. The highest BCUT2D eigenvalue weighted by atomic mass is 16.5. The summed E-state index contributed by atoms with van der Waals surface area (Å²) < 4.78 is 5.21. The highest BCUT2D eigenvalue weighted by Gasteiger charge is 2.24. The molecular weight excluding hydrogens is 330 g/mol. The van der Waals surface area contributed by atoms with Gasteiger partial charge in [0.2, 0.25) is 5.95 Å². The zero-order valence-corrected chi connectivity index (χ0v) is 15.8. The fraction of sp³-hybridized carbons (Fsp3) is 0.421. The predicted molar refractivity (Wildman–Crippen MR) is 102 cm³/mol. The molecule has 1 fully saturated rings. The van der Waals surface area contributed by atoms with Gasteiger partial charge >= 0.3 is 0 Å². The highest BCUT2D eigenvalue weighted by molar-refractivity contribution is 5.94. The number of methoxy groups -OCH3 is 1. The number of aryl methyl sites for hydroxylation is 1. The van der Waals surface area contributed by atoms with Crippen LogP contribution in [0.3, 0.4) is 0 Å². The lowest BCUT2D eigenvalue weighted by molar-refractivity contribution is 0.0746. The highest BCUT2D eigenvalue weighted by Crippen LogP contribution is 2.19. The molecule has 1 aromatic carbocycles. The van der Waals surface area contributed by atoms with Crippen LogP contribution in [-0.2, 0) is 0 Å². The molecule has 1 aromatic heterocycles. The third-order valence-corrected chi connectivity index (χ3v) is 4.45. The molecular formula is C19H25N5O2. The molecule has 0 bridgehead atoms. The molecule has 7 heteroatoms. The maximum atomic E-state index is 12.7. The summed E-state index contributed by atoms with van der Waals surface area (Å²) in [6, 6.07) is 9.25. The molecule has 7 nitrogen and oxygen atoms in total.